The summed E-state index contributed by atoms with van der Waals surface area (Å²) in [6, 6.07) is 6.25. The maximum absolute atomic E-state index is 12.8. The van der Waals surface area contributed by atoms with Crippen LogP contribution in [0.1, 0.15) is 13.8 Å². The van der Waals surface area contributed by atoms with E-state index in [9.17, 15) is 4.39 Å². The first-order chi connectivity index (χ1) is 7.48. The lowest BCUT2D eigenvalue weighted by Crippen LogP contribution is -2.51. The van der Waals surface area contributed by atoms with Gasteiger partial charge in [0.2, 0.25) is 0 Å². The predicted molar refractivity (Wildman–Crippen MR) is 67.8 cm³/mol. The Balaban J connectivity index is 2.29. The van der Waals surface area contributed by atoms with Crippen LogP contribution in [0, 0.1) is 5.82 Å². The van der Waals surface area contributed by atoms with Gasteiger partial charge >= 0.3 is 0 Å². The lowest BCUT2D eigenvalue weighted by molar-refractivity contribution is 0.566. The van der Waals surface area contributed by atoms with E-state index in [4.69, 9.17) is 12.2 Å². The van der Waals surface area contributed by atoms with Crippen molar-refractivity contribution in [2.24, 2.45) is 0 Å². The van der Waals surface area contributed by atoms with Crippen LogP contribution in [0.3, 0.4) is 0 Å². The number of benzene rings is 1. The van der Waals surface area contributed by atoms with Crippen molar-refractivity contribution in [3.63, 3.8) is 0 Å². The second-order valence-electron chi connectivity index (χ2n) is 4.31. The molecule has 1 N–H and O–H groups in total. The molecule has 0 radical (unpaired) electrons. The van der Waals surface area contributed by atoms with Gasteiger partial charge in [-0.25, -0.2) is 4.39 Å². The molecule has 16 heavy (non-hydrogen) atoms. The molecule has 0 aliphatic carbocycles. The quantitative estimate of drug-likeness (QED) is 0.755. The van der Waals surface area contributed by atoms with E-state index in [0.29, 0.717) is 5.11 Å². The maximum atomic E-state index is 12.8. The monoisotopic (exact) mass is 236 g/mol. The van der Waals surface area contributed by atoms with E-state index in [2.05, 4.69) is 5.32 Å². The molecule has 2 rings (SSSR count). The average Bonchev–Trinajstić information content (AvgIpc) is 2.19. The van der Waals surface area contributed by atoms with E-state index in [-0.39, 0.29) is 11.4 Å². The first kappa shape index (κ1) is 11.1. The van der Waals surface area contributed by atoms with Gasteiger partial charge in [0, 0.05) is 11.9 Å². The van der Waals surface area contributed by atoms with Gasteiger partial charge in [0.05, 0.1) is 5.54 Å². The number of nitrogens with one attached hydrogen (secondary N) is 1. The number of thiocarbonyl (C=S) groups is 1. The summed E-state index contributed by atoms with van der Waals surface area (Å²) in [7, 11) is 0. The van der Waals surface area contributed by atoms with Crippen LogP contribution in [0.4, 0.5) is 10.1 Å². The maximum Gasteiger partial charge on any atom is 0.178 e. The molecule has 0 spiro atoms. The molecule has 0 atom stereocenters. The van der Waals surface area contributed by atoms with Gasteiger partial charge in [-0.3, -0.25) is 4.90 Å². The van der Waals surface area contributed by atoms with Crippen LogP contribution < -0.4 is 10.2 Å². The molecule has 0 unspecified atom stereocenters. The van der Waals surface area contributed by atoms with Crippen LogP contribution in [0.2, 0.25) is 0 Å². The van der Waals surface area contributed by atoms with E-state index < -0.39 is 0 Å². The number of hydrogen-bond acceptors (Lipinski definition) is 1. The Kier molecular flexibility index (Phi) is 2.68. The van der Waals surface area contributed by atoms with Crippen molar-refractivity contribution >= 4 is 23.0 Å². The van der Waals surface area contributed by atoms with Crippen molar-refractivity contribution in [2.75, 3.05) is 4.90 Å². The fourth-order valence-corrected chi connectivity index (χ4v) is 1.94. The van der Waals surface area contributed by atoms with Gasteiger partial charge in [-0.15, -0.1) is 0 Å². The molecule has 84 valence electrons. The van der Waals surface area contributed by atoms with E-state index in [1.165, 1.54) is 12.1 Å². The van der Waals surface area contributed by atoms with E-state index >= 15 is 0 Å². The van der Waals surface area contributed by atoms with Gasteiger partial charge in [-0.2, -0.15) is 0 Å². The van der Waals surface area contributed by atoms with Crippen molar-refractivity contribution in [3.8, 4) is 0 Å². The van der Waals surface area contributed by atoms with Crippen LogP contribution >= 0.6 is 12.2 Å². The third-order valence-corrected chi connectivity index (χ3v) is 2.69. The van der Waals surface area contributed by atoms with Gasteiger partial charge in [0.25, 0.3) is 0 Å². The Hall–Kier alpha value is -1.42. The lowest BCUT2D eigenvalue weighted by Gasteiger charge is -2.34. The van der Waals surface area contributed by atoms with Crippen LogP contribution in [0.5, 0.6) is 0 Å². The lowest BCUT2D eigenvalue weighted by atomic mass is 10.0. The molecule has 0 bridgehead atoms. The number of hydrogen-bond donors (Lipinski definition) is 1. The van der Waals surface area contributed by atoms with E-state index in [0.717, 1.165) is 5.69 Å². The minimum absolute atomic E-state index is 0.131. The van der Waals surface area contributed by atoms with Crippen molar-refractivity contribution in [1.82, 2.24) is 5.32 Å². The molecule has 2 nitrogen and oxygen atoms in total. The minimum atomic E-state index is -0.246. The Morgan fingerprint density at radius 3 is 2.44 bits per heavy atom. The zero-order valence-corrected chi connectivity index (χ0v) is 10.0. The molecule has 1 aliphatic heterocycles. The molecular weight excluding hydrogens is 223 g/mol. The van der Waals surface area contributed by atoms with Crippen LogP contribution in [-0.2, 0) is 0 Å². The van der Waals surface area contributed by atoms with Crippen molar-refractivity contribution in [1.29, 1.82) is 0 Å². The summed E-state index contributed by atoms with van der Waals surface area (Å²) in [5.74, 6) is -0.246. The highest BCUT2D eigenvalue weighted by Gasteiger charge is 2.23. The minimum Gasteiger partial charge on any atom is -0.354 e. The van der Waals surface area contributed by atoms with E-state index in [1.807, 2.05) is 31.0 Å². The normalized spacial score (nSPS) is 18.4. The predicted octanol–water partition coefficient (Wildman–Crippen LogP) is 2.81. The SMILES string of the molecule is CC1(C)C=CN(c2ccc(F)cc2)C(=S)N1. The van der Waals surface area contributed by atoms with Gasteiger partial charge in [-0.05, 0) is 56.4 Å². The molecular formula is C12H13FN2S. The third kappa shape index (κ3) is 2.22. The fourth-order valence-electron chi connectivity index (χ4n) is 1.51. The Morgan fingerprint density at radius 2 is 1.88 bits per heavy atom. The Labute approximate surface area is 99.8 Å². The zero-order valence-electron chi connectivity index (χ0n) is 9.20. The highest BCUT2D eigenvalue weighted by Crippen LogP contribution is 2.20. The second-order valence-corrected chi connectivity index (χ2v) is 4.70. The molecule has 0 fully saturated rings. The van der Waals surface area contributed by atoms with Crippen molar-refractivity contribution in [3.05, 3.63) is 42.4 Å². The molecule has 0 amide bonds. The Morgan fingerprint density at radius 1 is 1.25 bits per heavy atom. The molecule has 1 heterocycles. The van der Waals surface area contributed by atoms with Crippen molar-refractivity contribution in [2.45, 2.75) is 19.4 Å². The highest BCUT2D eigenvalue weighted by molar-refractivity contribution is 7.80. The van der Waals surface area contributed by atoms with Gasteiger partial charge in [-0.1, -0.05) is 0 Å². The smallest absolute Gasteiger partial charge is 0.178 e. The second kappa shape index (κ2) is 3.87. The van der Waals surface area contributed by atoms with Crippen LogP contribution in [-0.4, -0.2) is 10.7 Å². The van der Waals surface area contributed by atoms with Gasteiger partial charge in [0.1, 0.15) is 5.82 Å². The average molecular weight is 236 g/mol. The van der Waals surface area contributed by atoms with Gasteiger partial charge < -0.3 is 5.32 Å². The van der Waals surface area contributed by atoms with Crippen LogP contribution in [0.25, 0.3) is 0 Å². The molecule has 1 aromatic carbocycles. The summed E-state index contributed by atoms with van der Waals surface area (Å²) >= 11 is 5.26. The number of nitrogens with zero attached hydrogens (tertiary/aromatic N) is 1. The molecule has 1 aromatic rings. The molecule has 1 aliphatic rings. The van der Waals surface area contributed by atoms with Crippen LogP contribution in [0.15, 0.2) is 36.5 Å². The van der Waals surface area contributed by atoms with Crippen molar-refractivity contribution < 1.29 is 4.39 Å². The first-order valence-corrected chi connectivity index (χ1v) is 5.45. The molecule has 0 aromatic heterocycles. The topological polar surface area (TPSA) is 15.3 Å². The fraction of sp³-hybridized carbons (Fsp3) is 0.250. The molecule has 4 heteroatoms. The highest BCUT2D eigenvalue weighted by atomic mass is 32.1. The summed E-state index contributed by atoms with van der Waals surface area (Å²) < 4.78 is 12.8. The molecule has 0 saturated heterocycles. The summed E-state index contributed by atoms with van der Waals surface area (Å²) in [5, 5.41) is 3.82. The summed E-state index contributed by atoms with van der Waals surface area (Å²) in [6.45, 7) is 4.08. The summed E-state index contributed by atoms with van der Waals surface area (Å²) in [6.07, 6.45) is 3.93. The Bertz CT molecular complexity index is 437. The summed E-state index contributed by atoms with van der Waals surface area (Å²) in [4.78, 5) is 1.82. The summed E-state index contributed by atoms with van der Waals surface area (Å²) in [5.41, 5.74) is 0.721. The first-order valence-electron chi connectivity index (χ1n) is 5.04. The third-order valence-electron chi connectivity index (χ3n) is 2.39. The largest absolute Gasteiger partial charge is 0.354 e. The standard InChI is InChI=1S/C12H13FN2S/c1-12(2)7-8-15(11(16)14-12)10-5-3-9(13)4-6-10/h3-8H,1-2H3,(H,14,16). The number of rotatable bonds is 1. The molecule has 0 saturated carbocycles. The zero-order chi connectivity index (χ0) is 11.8. The number of halogens is 1. The number of anilines is 1. The van der Waals surface area contributed by atoms with E-state index in [1.54, 1.807) is 12.1 Å². The van der Waals surface area contributed by atoms with Gasteiger partial charge in [0.15, 0.2) is 5.11 Å².